The second-order valence-corrected chi connectivity index (χ2v) is 9.02. The number of fused-ring (bicyclic) bond motifs is 1. The fraction of sp³-hybridized carbons (Fsp3) is 0.480. The van der Waals surface area contributed by atoms with E-state index in [4.69, 9.17) is 10.5 Å². The highest BCUT2D eigenvalue weighted by Gasteiger charge is 2.21. The molecule has 0 bridgehead atoms. The number of hydrogen-bond acceptors (Lipinski definition) is 7. The van der Waals surface area contributed by atoms with Gasteiger partial charge in [0, 0.05) is 25.2 Å². The van der Waals surface area contributed by atoms with Crippen LogP contribution in [0.1, 0.15) is 53.2 Å². The molecule has 12 heteroatoms. The lowest BCUT2D eigenvalue weighted by Gasteiger charge is -2.14. The van der Waals surface area contributed by atoms with Gasteiger partial charge < -0.3 is 25.3 Å². The van der Waals surface area contributed by atoms with Gasteiger partial charge in [-0.05, 0) is 59.0 Å². The molecule has 0 fully saturated rings. The molecule has 4 N–H and O–H groups in total. The number of carbonyl (C=O) groups is 3. The number of anilines is 1. The van der Waals surface area contributed by atoms with Gasteiger partial charge in [-0.15, -0.1) is 0 Å². The molecule has 12 nitrogen and oxygen atoms in total. The molecule has 200 valence electrons. The van der Waals surface area contributed by atoms with Gasteiger partial charge in [0.25, 0.3) is 5.91 Å². The first-order chi connectivity index (χ1) is 17.6. The molecular weight excluding hydrogens is 476 g/mol. The van der Waals surface area contributed by atoms with Crippen molar-refractivity contribution in [1.29, 1.82) is 0 Å². The molecule has 3 rings (SSSR count). The van der Waals surface area contributed by atoms with Crippen molar-refractivity contribution in [3.05, 3.63) is 35.2 Å². The first-order valence-electron chi connectivity index (χ1n) is 12.4. The van der Waals surface area contributed by atoms with Gasteiger partial charge in [0.05, 0.1) is 24.4 Å². The zero-order valence-corrected chi connectivity index (χ0v) is 22.1. The van der Waals surface area contributed by atoms with Gasteiger partial charge in [0.15, 0.2) is 0 Å². The Morgan fingerprint density at radius 3 is 2.57 bits per heavy atom. The van der Waals surface area contributed by atoms with E-state index < -0.39 is 5.91 Å². The number of ether oxygens (including phenoxy) is 1. The summed E-state index contributed by atoms with van der Waals surface area (Å²) in [6.45, 7) is 7.94. The molecule has 0 aliphatic carbocycles. The van der Waals surface area contributed by atoms with Crippen molar-refractivity contribution in [3.63, 3.8) is 0 Å². The molecule has 37 heavy (non-hydrogen) atoms. The molecule has 1 aromatic carbocycles. The highest BCUT2D eigenvalue weighted by Crippen LogP contribution is 2.31. The minimum absolute atomic E-state index is 0.0656. The van der Waals surface area contributed by atoms with Crippen LogP contribution in [-0.4, -0.2) is 75.7 Å². The summed E-state index contributed by atoms with van der Waals surface area (Å²) in [5.74, 6) is -0.237. The molecular formula is C25H36N8O4. The summed E-state index contributed by atoms with van der Waals surface area (Å²) >= 11 is 0. The Labute approximate surface area is 216 Å². The van der Waals surface area contributed by atoms with Gasteiger partial charge in [-0.2, -0.15) is 5.10 Å². The smallest absolute Gasteiger partial charge is 0.276 e. The highest BCUT2D eigenvalue weighted by atomic mass is 16.5. The van der Waals surface area contributed by atoms with Crippen LogP contribution in [0.2, 0.25) is 0 Å². The second-order valence-electron chi connectivity index (χ2n) is 9.02. The Kier molecular flexibility index (Phi) is 9.23. The monoisotopic (exact) mass is 512 g/mol. The Morgan fingerprint density at radius 1 is 1.16 bits per heavy atom. The van der Waals surface area contributed by atoms with E-state index in [1.807, 2.05) is 39.4 Å². The lowest BCUT2D eigenvalue weighted by molar-refractivity contribution is -0.121. The number of benzene rings is 1. The number of amides is 3. The molecule has 3 amide bonds. The van der Waals surface area contributed by atoms with Crippen LogP contribution in [0, 0.1) is 6.92 Å². The Balaban J connectivity index is 1.88. The van der Waals surface area contributed by atoms with E-state index in [0.717, 1.165) is 12.1 Å². The lowest BCUT2D eigenvalue weighted by Crippen LogP contribution is -2.34. The number of nitrogens with one attached hydrogen (secondary N) is 2. The van der Waals surface area contributed by atoms with Gasteiger partial charge in [0.1, 0.15) is 17.0 Å². The number of aromatic nitrogens is 4. The SMILES string of the molecule is CCCn1c(NC(=O)c2cc(C)nn2CC)nc2cc(C(N)=O)cc(OCCCNC(=O)CN(C)C)c21. The van der Waals surface area contributed by atoms with Crippen molar-refractivity contribution in [2.24, 2.45) is 5.73 Å². The van der Waals surface area contributed by atoms with Crippen LogP contribution in [0.5, 0.6) is 5.75 Å². The first kappa shape index (κ1) is 27.7. The fourth-order valence-corrected chi connectivity index (χ4v) is 3.98. The predicted molar refractivity (Wildman–Crippen MR) is 141 cm³/mol. The summed E-state index contributed by atoms with van der Waals surface area (Å²) in [6, 6.07) is 4.90. The van der Waals surface area contributed by atoms with Gasteiger partial charge in [0.2, 0.25) is 17.8 Å². The minimum Gasteiger partial charge on any atom is -0.491 e. The average molecular weight is 513 g/mol. The number of rotatable bonds is 13. The first-order valence-corrected chi connectivity index (χ1v) is 12.4. The zero-order valence-electron chi connectivity index (χ0n) is 22.1. The van der Waals surface area contributed by atoms with Crippen molar-refractivity contribution in [2.75, 3.05) is 39.1 Å². The molecule has 0 radical (unpaired) electrons. The Hall–Kier alpha value is -3.93. The molecule has 0 saturated carbocycles. The van der Waals surface area contributed by atoms with Crippen molar-refractivity contribution in [3.8, 4) is 5.75 Å². The van der Waals surface area contributed by atoms with Crippen LogP contribution in [0.4, 0.5) is 5.95 Å². The number of aryl methyl sites for hydroxylation is 3. The van der Waals surface area contributed by atoms with Crippen molar-refractivity contribution >= 4 is 34.7 Å². The standard InChI is InChI=1S/C25H36N8O4/c1-6-10-32-22-18(28-25(32)29-24(36)19-12-16(3)30-33(19)7-2)13-17(23(26)35)14-20(22)37-11-8-9-27-21(34)15-31(4)5/h12-14H,6-11,15H2,1-5H3,(H2,26,35)(H,27,34)(H,28,29,36). The lowest BCUT2D eigenvalue weighted by atomic mass is 10.1. The third kappa shape index (κ3) is 6.85. The van der Waals surface area contributed by atoms with E-state index in [-0.39, 0.29) is 17.4 Å². The van der Waals surface area contributed by atoms with Gasteiger partial charge in [-0.25, -0.2) is 4.98 Å². The minimum atomic E-state index is -0.611. The van der Waals surface area contributed by atoms with Gasteiger partial charge in [-0.1, -0.05) is 6.92 Å². The van der Waals surface area contributed by atoms with Crippen molar-refractivity contribution in [1.82, 2.24) is 29.5 Å². The maximum Gasteiger partial charge on any atom is 0.276 e. The van der Waals surface area contributed by atoms with Crippen LogP contribution in [-0.2, 0) is 17.9 Å². The molecule has 0 aliphatic rings. The van der Waals surface area contributed by atoms with E-state index in [0.29, 0.717) is 67.6 Å². The molecule has 3 aromatic rings. The summed E-state index contributed by atoms with van der Waals surface area (Å²) < 4.78 is 9.55. The number of imidazole rings is 1. The number of primary amides is 1. The van der Waals surface area contributed by atoms with E-state index in [1.54, 1.807) is 27.8 Å². The maximum absolute atomic E-state index is 13.1. The number of hydrogen-bond donors (Lipinski definition) is 3. The number of carbonyl (C=O) groups excluding carboxylic acids is 3. The molecule has 0 spiro atoms. The van der Waals surface area contributed by atoms with Gasteiger partial charge in [-0.3, -0.25) is 24.4 Å². The third-order valence-electron chi connectivity index (χ3n) is 5.56. The highest BCUT2D eigenvalue weighted by molar-refractivity contribution is 6.04. The van der Waals surface area contributed by atoms with Crippen molar-refractivity contribution in [2.45, 2.75) is 46.7 Å². The van der Waals surface area contributed by atoms with Gasteiger partial charge >= 0.3 is 0 Å². The normalized spacial score (nSPS) is 11.2. The molecule has 2 aromatic heterocycles. The topological polar surface area (TPSA) is 149 Å². The van der Waals surface area contributed by atoms with E-state index in [1.165, 1.54) is 0 Å². The van der Waals surface area contributed by atoms with Crippen LogP contribution in [0.25, 0.3) is 11.0 Å². The molecule has 0 aliphatic heterocycles. The molecule has 0 saturated heterocycles. The number of nitrogens with two attached hydrogens (primary N) is 1. The van der Waals surface area contributed by atoms with Crippen LogP contribution >= 0.6 is 0 Å². The average Bonchev–Trinajstić information content (AvgIpc) is 3.38. The third-order valence-corrected chi connectivity index (χ3v) is 5.56. The summed E-state index contributed by atoms with van der Waals surface area (Å²) in [7, 11) is 3.66. The summed E-state index contributed by atoms with van der Waals surface area (Å²) in [5, 5.41) is 10.1. The Morgan fingerprint density at radius 2 is 1.92 bits per heavy atom. The summed E-state index contributed by atoms with van der Waals surface area (Å²) in [4.78, 5) is 43.3. The second kappa shape index (κ2) is 12.3. The van der Waals surface area contributed by atoms with E-state index in [2.05, 4.69) is 20.7 Å². The molecule has 2 heterocycles. The molecule has 0 unspecified atom stereocenters. The molecule has 0 atom stereocenters. The van der Waals surface area contributed by atoms with Crippen molar-refractivity contribution < 1.29 is 19.1 Å². The van der Waals surface area contributed by atoms with Crippen LogP contribution < -0.4 is 21.1 Å². The zero-order chi connectivity index (χ0) is 27.1. The van der Waals surface area contributed by atoms with Crippen LogP contribution in [0.3, 0.4) is 0 Å². The maximum atomic E-state index is 13.1. The largest absolute Gasteiger partial charge is 0.491 e. The predicted octanol–water partition coefficient (Wildman–Crippen LogP) is 1.77. The summed E-state index contributed by atoms with van der Waals surface area (Å²) in [6.07, 6.45) is 1.34. The van der Waals surface area contributed by atoms with Crippen LogP contribution in [0.15, 0.2) is 18.2 Å². The van der Waals surface area contributed by atoms with E-state index in [9.17, 15) is 14.4 Å². The van der Waals surface area contributed by atoms with E-state index >= 15 is 0 Å². The summed E-state index contributed by atoms with van der Waals surface area (Å²) in [5.41, 5.74) is 8.12. The Bertz CT molecular complexity index is 1280. The quantitative estimate of drug-likeness (QED) is 0.295. The number of nitrogens with zero attached hydrogens (tertiary/aromatic N) is 5. The number of likely N-dealkylation sites (N-methyl/N-ethyl adjacent to an activating group) is 1. The fourth-order valence-electron chi connectivity index (χ4n) is 3.98.